The maximum absolute atomic E-state index is 12.3. The fourth-order valence-electron chi connectivity index (χ4n) is 3.75. The van der Waals surface area contributed by atoms with Crippen LogP contribution in [0.15, 0.2) is 59.5 Å². The van der Waals surface area contributed by atoms with Crippen LogP contribution in [0.3, 0.4) is 0 Å². The molecule has 35 heavy (non-hydrogen) atoms. The van der Waals surface area contributed by atoms with Crippen LogP contribution in [0.1, 0.15) is 25.3 Å². The third kappa shape index (κ3) is 4.93. The van der Waals surface area contributed by atoms with E-state index in [4.69, 9.17) is 15.2 Å². The van der Waals surface area contributed by atoms with Crippen molar-refractivity contribution in [1.82, 2.24) is 25.3 Å². The van der Waals surface area contributed by atoms with Crippen molar-refractivity contribution in [2.24, 2.45) is 0 Å². The fraction of sp³-hybridized carbons (Fsp3) is 0.227. The van der Waals surface area contributed by atoms with E-state index >= 15 is 0 Å². The summed E-state index contributed by atoms with van der Waals surface area (Å²) in [6.07, 6.45) is 2.92. The summed E-state index contributed by atoms with van der Waals surface area (Å²) in [7, 11) is 2.42. The number of benzene rings is 1. The fourth-order valence-corrected chi connectivity index (χ4v) is 3.75. The molecule has 1 aromatic carbocycles. The van der Waals surface area contributed by atoms with Crippen molar-refractivity contribution in [3.8, 4) is 0 Å². The molecule has 13 heteroatoms. The number of nitrogens with zero attached hydrogens (tertiary/aromatic N) is 4. The van der Waals surface area contributed by atoms with Crippen LogP contribution in [0.2, 0.25) is 0 Å². The number of methoxy groups -OCH3 is 2. The minimum Gasteiger partial charge on any atom is -0.466 e. The Bertz CT molecular complexity index is 1320. The summed E-state index contributed by atoms with van der Waals surface area (Å²) in [5, 5.41) is 14.4. The Labute approximate surface area is 199 Å². The molecule has 1 aliphatic rings. The number of nitrogens with two attached hydrogens (primary N) is 1. The van der Waals surface area contributed by atoms with Gasteiger partial charge in [-0.05, 0) is 13.8 Å². The maximum atomic E-state index is 12.3. The third-order valence-corrected chi connectivity index (χ3v) is 5.27. The van der Waals surface area contributed by atoms with Crippen LogP contribution in [0.25, 0.3) is 11.2 Å². The van der Waals surface area contributed by atoms with Gasteiger partial charge in [-0.1, -0.05) is 18.2 Å². The van der Waals surface area contributed by atoms with Gasteiger partial charge in [-0.3, -0.25) is 10.1 Å². The molecule has 0 fully saturated rings. The zero-order valence-electron chi connectivity index (χ0n) is 19.4. The lowest BCUT2D eigenvalue weighted by Gasteiger charge is -2.29. The number of anilines is 1. The number of ether oxygens (including phenoxy) is 2. The van der Waals surface area contributed by atoms with Gasteiger partial charge < -0.3 is 25.5 Å². The molecule has 0 atom stereocenters. The van der Waals surface area contributed by atoms with Crippen molar-refractivity contribution >= 4 is 34.6 Å². The average molecular weight is 481 g/mol. The first-order valence-corrected chi connectivity index (χ1v) is 10.2. The number of esters is 2. The molecule has 4 rings (SSSR count). The maximum Gasteiger partial charge on any atom is 0.336 e. The van der Waals surface area contributed by atoms with Crippen LogP contribution in [-0.2, 0) is 19.1 Å². The molecule has 0 saturated carbocycles. The summed E-state index contributed by atoms with van der Waals surface area (Å²) in [5.41, 5.74) is 7.97. The van der Waals surface area contributed by atoms with Gasteiger partial charge in [0.05, 0.1) is 42.5 Å². The van der Waals surface area contributed by atoms with Crippen molar-refractivity contribution in [3.63, 3.8) is 0 Å². The quantitative estimate of drug-likeness (QED) is 0.281. The number of dihydropyridines is 1. The van der Waals surface area contributed by atoms with E-state index in [9.17, 15) is 19.7 Å². The Balaban J connectivity index is 0.000000281. The smallest absolute Gasteiger partial charge is 0.336 e. The van der Waals surface area contributed by atoms with E-state index in [2.05, 4.69) is 25.3 Å². The number of aromatic nitrogens is 4. The molecule has 0 amide bonds. The van der Waals surface area contributed by atoms with Gasteiger partial charge in [0.25, 0.3) is 5.69 Å². The minimum absolute atomic E-state index is 0.128. The molecule has 0 radical (unpaired) electrons. The number of nitrogens with one attached hydrogen (secondary N) is 2. The molecular formula is C22H23N7O6. The van der Waals surface area contributed by atoms with Crippen molar-refractivity contribution in [2.75, 3.05) is 20.0 Å². The number of fused-ring (bicyclic) bond motifs is 1. The number of imidazole rings is 1. The van der Waals surface area contributed by atoms with Crippen LogP contribution in [0.4, 0.5) is 11.5 Å². The number of nitro groups is 1. The number of rotatable bonds is 4. The van der Waals surface area contributed by atoms with E-state index in [1.54, 1.807) is 19.9 Å². The lowest BCUT2D eigenvalue weighted by atomic mass is 9.79. The second kappa shape index (κ2) is 10.4. The summed E-state index contributed by atoms with van der Waals surface area (Å²) < 4.78 is 9.66. The predicted octanol–water partition coefficient (Wildman–Crippen LogP) is 2.11. The van der Waals surface area contributed by atoms with Crippen molar-refractivity contribution in [1.29, 1.82) is 0 Å². The van der Waals surface area contributed by atoms with Gasteiger partial charge in [0.1, 0.15) is 11.8 Å². The van der Waals surface area contributed by atoms with Gasteiger partial charge >= 0.3 is 11.9 Å². The van der Waals surface area contributed by atoms with E-state index in [0.29, 0.717) is 28.4 Å². The first-order valence-electron chi connectivity index (χ1n) is 10.2. The second-order valence-corrected chi connectivity index (χ2v) is 7.29. The molecular weight excluding hydrogens is 458 g/mol. The molecule has 0 aliphatic carbocycles. The largest absolute Gasteiger partial charge is 0.466 e. The SMILES string of the molecule is COC(=O)C1=C(C)NC(C)=C(C(=O)OC)C1c1ccccc1[N+](=O)[O-].Nc1ncnc2nc[nH]c12. The Morgan fingerprint density at radius 2 is 1.63 bits per heavy atom. The molecule has 0 unspecified atom stereocenters. The second-order valence-electron chi connectivity index (χ2n) is 7.29. The van der Waals surface area contributed by atoms with E-state index in [1.165, 1.54) is 45.1 Å². The normalized spacial score (nSPS) is 13.6. The van der Waals surface area contributed by atoms with Crippen LogP contribution in [-0.4, -0.2) is 51.0 Å². The van der Waals surface area contributed by atoms with E-state index in [1.807, 2.05) is 0 Å². The molecule has 3 heterocycles. The molecule has 1 aliphatic heterocycles. The van der Waals surface area contributed by atoms with Crippen molar-refractivity contribution < 1.29 is 24.0 Å². The van der Waals surface area contributed by atoms with Crippen molar-refractivity contribution in [2.45, 2.75) is 19.8 Å². The highest BCUT2D eigenvalue weighted by Crippen LogP contribution is 2.42. The number of allylic oxidation sites excluding steroid dienone is 2. The van der Waals surface area contributed by atoms with Gasteiger partial charge in [-0.2, -0.15) is 0 Å². The van der Waals surface area contributed by atoms with Crippen LogP contribution < -0.4 is 11.1 Å². The molecule has 182 valence electrons. The first kappa shape index (κ1) is 24.8. The minimum atomic E-state index is -0.970. The predicted molar refractivity (Wildman–Crippen MR) is 125 cm³/mol. The number of para-hydroxylation sites is 1. The number of carbonyl (C=O) groups excluding carboxylic acids is 2. The monoisotopic (exact) mass is 481 g/mol. The number of hydrogen-bond acceptors (Lipinski definition) is 11. The Morgan fingerprint density at radius 1 is 1.03 bits per heavy atom. The van der Waals surface area contributed by atoms with Crippen LogP contribution >= 0.6 is 0 Å². The molecule has 13 nitrogen and oxygen atoms in total. The molecule has 4 N–H and O–H groups in total. The Hall–Kier alpha value is -4.81. The number of nitro benzene ring substituents is 1. The Morgan fingerprint density at radius 3 is 2.17 bits per heavy atom. The number of aromatic amines is 1. The third-order valence-electron chi connectivity index (χ3n) is 5.27. The zero-order chi connectivity index (χ0) is 25.7. The van der Waals surface area contributed by atoms with Crippen LogP contribution in [0.5, 0.6) is 0 Å². The summed E-state index contributed by atoms with van der Waals surface area (Å²) in [5.74, 6) is -1.89. The van der Waals surface area contributed by atoms with E-state index < -0.39 is 22.8 Å². The number of hydrogen-bond donors (Lipinski definition) is 3. The highest BCUT2D eigenvalue weighted by Gasteiger charge is 2.40. The summed E-state index contributed by atoms with van der Waals surface area (Å²) >= 11 is 0. The van der Waals surface area contributed by atoms with E-state index in [-0.39, 0.29) is 22.4 Å². The number of nitrogen functional groups attached to an aromatic ring is 1. The topological polar surface area (TPSA) is 188 Å². The molecule has 0 saturated heterocycles. The highest BCUT2D eigenvalue weighted by molar-refractivity contribution is 6.00. The molecule has 0 spiro atoms. The number of H-pyrrole nitrogens is 1. The summed E-state index contributed by atoms with van der Waals surface area (Å²) in [4.78, 5) is 49.9. The van der Waals surface area contributed by atoms with Gasteiger partial charge in [0, 0.05) is 23.0 Å². The lowest BCUT2D eigenvalue weighted by Crippen LogP contribution is -2.32. The number of carbonyl (C=O) groups is 2. The van der Waals surface area contributed by atoms with Crippen molar-refractivity contribution in [3.05, 3.63) is 75.1 Å². The molecule has 3 aromatic rings. The zero-order valence-corrected chi connectivity index (χ0v) is 19.4. The van der Waals surface area contributed by atoms with Gasteiger partial charge in [-0.15, -0.1) is 0 Å². The van der Waals surface area contributed by atoms with Crippen LogP contribution in [0, 0.1) is 10.1 Å². The highest BCUT2D eigenvalue weighted by atomic mass is 16.6. The first-order chi connectivity index (χ1) is 16.7. The van der Waals surface area contributed by atoms with Gasteiger partial charge in [0.2, 0.25) is 0 Å². The van der Waals surface area contributed by atoms with E-state index in [0.717, 1.165) is 0 Å². The van der Waals surface area contributed by atoms with Gasteiger partial charge in [0.15, 0.2) is 11.5 Å². The summed E-state index contributed by atoms with van der Waals surface area (Å²) in [6, 6.07) is 5.97. The summed E-state index contributed by atoms with van der Waals surface area (Å²) in [6.45, 7) is 3.29. The lowest BCUT2D eigenvalue weighted by molar-refractivity contribution is -0.385. The average Bonchev–Trinajstić information content (AvgIpc) is 3.33. The van der Waals surface area contributed by atoms with Gasteiger partial charge in [-0.25, -0.2) is 24.5 Å². The molecule has 2 aromatic heterocycles. The standard InChI is InChI=1S/C17H18N2O6.C5H5N5/c1-9-13(16(20)24-3)15(14(10(2)18-9)17(21)25-4)11-7-5-6-8-12(11)19(22)23;6-4-3-5(9-1-7-3)10-2-8-4/h5-8,15,18H,1-4H3;1-2H,(H3,6,7,8,9,10). The Kier molecular flexibility index (Phi) is 7.39. The molecule has 0 bridgehead atoms.